The van der Waals surface area contributed by atoms with E-state index in [1.54, 1.807) is 28.8 Å². The van der Waals surface area contributed by atoms with Gasteiger partial charge in [-0.3, -0.25) is 9.36 Å². The molecule has 5 nitrogen and oxygen atoms in total. The van der Waals surface area contributed by atoms with Crippen LogP contribution in [0.5, 0.6) is 0 Å². The second kappa shape index (κ2) is 7.04. The minimum Gasteiger partial charge on any atom is -0.315 e. The highest BCUT2D eigenvalue weighted by Crippen LogP contribution is 2.32. The second-order valence-electron chi connectivity index (χ2n) is 6.33. The molecule has 2 heterocycles. The maximum Gasteiger partial charge on any atom is 0.416 e. The van der Waals surface area contributed by atoms with Gasteiger partial charge in [0.05, 0.1) is 17.6 Å². The van der Waals surface area contributed by atoms with Gasteiger partial charge >= 0.3 is 6.18 Å². The Kier molecular flexibility index (Phi) is 4.66. The Morgan fingerprint density at radius 2 is 1.83 bits per heavy atom. The van der Waals surface area contributed by atoms with Gasteiger partial charge in [-0.1, -0.05) is 23.7 Å². The molecule has 9 heteroatoms. The van der Waals surface area contributed by atoms with Crippen LogP contribution in [0.1, 0.15) is 12.5 Å². The number of nitrogens with zero attached hydrogens (tertiary/aromatic N) is 4. The highest BCUT2D eigenvalue weighted by atomic mass is 35.5. The maximum atomic E-state index is 13.2. The molecule has 0 amide bonds. The van der Waals surface area contributed by atoms with Crippen molar-refractivity contribution < 1.29 is 13.2 Å². The molecule has 0 saturated carbocycles. The molecule has 0 N–H and O–H groups in total. The molecule has 0 unspecified atom stereocenters. The van der Waals surface area contributed by atoms with Gasteiger partial charge in [-0.05, 0) is 43.3 Å². The van der Waals surface area contributed by atoms with Crippen molar-refractivity contribution in [3.05, 3.63) is 75.8 Å². The molecular weight excluding hydrogens is 405 g/mol. The predicted octanol–water partition coefficient (Wildman–Crippen LogP) is 4.94. The summed E-state index contributed by atoms with van der Waals surface area (Å²) in [7, 11) is 0. The van der Waals surface area contributed by atoms with Crippen molar-refractivity contribution in [1.29, 1.82) is 0 Å². The quantitative estimate of drug-likeness (QED) is 0.473. The third-order valence-corrected chi connectivity index (χ3v) is 4.76. The molecule has 0 fully saturated rings. The number of hydrogen-bond acceptors (Lipinski definition) is 3. The van der Waals surface area contributed by atoms with Gasteiger partial charge in [0.2, 0.25) is 0 Å². The van der Waals surface area contributed by atoms with Gasteiger partial charge < -0.3 is 4.57 Å². The molecular formula is C20H14ClF3N4O. The number of benzene rings is 2. The largest absolute Gasteiger partial charge is 0.416 e. The molecule has 4 aromatic rings. The van der Waals surface area contributed by atoms with Crippen LogP contribution in [0.15, 0.2) is 59.7 Å². The Hall–Kier alpha value is -3.13. The van der Waals surface area contributed by atoms with E-state index in [2.05, 4.69) is 9.97 Å². The fourth-order valence-electron chi connectivity index (χ4n) is 3.09. The number of alkyl halides is 3. The minimum absolute atomic E-state index is 0.0890. The molecule has 29 heavy (non-hydrogen) atoms. The Bertz CT molecular complexity index is 1260. The SMILES string of the molecule is CCn1cnc2c(=O)n(-c3ccc(Cl)cc3)c(-c3cccc(C(F)(F)F)c3)nc21. The number of rotatable bonds is 3. The maximum absolute atomic E-state index is 13.2. The van der Waals surface area contributed by atoms with Crippen LogP contribution in [0.4, 0.5) is 13.2 Å². The van der Waals surface area contributed by atoms with Crippen LogP contribution in [0.3, 0.4) is 0 Å². The van der Waals surface area contributed by atoms with Crippen LogP contribution in [0.2, 0.25) is 5.02 Å². The van der Waals surface area contributed by atoms with E-state index in [-0.39, 0.29) is 16.9 Å². The molecule has 4 rings (SSSR count). The predicted molar refractivity (Wildman–Crippen MR) is 104 cm³/mol. The topological polar surface area (TPSA) is 52.7 Å². The van der Waals surface area contributed by atoms with Crippen molar-refractivity contribution in [3.8, 4) is 17.1 Å². The first-order chi connectivity index (χ1) is 13.8. The van der Waals surface area contributed by atoms with Gasteiger partial charge in [0.25, 0.3) is 5.56 Å². The minimum atomic E-state index is -4.52. The molecule has 0 aliphatic carbocycles. The van der Waals surface area contributed by atoms with Gasteiger partial charge in [-0.15, -0.1) is 0 Å². The van der Waals surface area contributed by atoms with E-state index in [1.165, 1.54) is 23.0 Å². The monoisotopic (exact) mass is 418 g/mol. The van der Waals surface area contributed by atoms with Crippen LogP contribution in [-0.2, 0) is 12.7 Å². The summed E-state index contributed by atoms with van der Waals surface area (Å²) in [5, 5.41) is 0.465. The average Bonchev–Trinajstić information content (AvgIpc) is 3.12. The number of hydrogen-bond donors (Lipinski definition) is 0. The number of imidazole rings is 1. The summed E-state index contributed by atoms with van der Waals surface area (Å²) in [4.78, 5) is 21.9. The summed E-state index contributed by atoms with van der Waals surface area (Å²) in [6.07, 6.45) is -3.03. The lowest BCUT2D eigenvalue weighted by atomic mass is 10.1. The smallest absolute Gasteiger partial charge is 0.315 e. The lowest BCUT2D eigenvalue weighted by molar-refractivity contribution is -0.137. The number of halogens is 4. The van der Waals surface area contributed by atoms with Crippen molar-refractivity contribution in [2.45, 2.75) is 19.6 Å². The van der Waals surface area contributed by atoms with Gasteiger partial charge in [0.1, 0.15) is 5.82 Å². The number of aromatic nitrogens is 4. The zero-order chi connectivity index (χ0) is 20.8. The van der Waals surface area contributed by atoms with Crippen LogP contribution in [0, 0.1) is 0 Å². The van der Waals surface area contributed by atoms with Gasteiger partial charge in [0.15, 0.2) is 11.2 Å². The van der Waals surface area contributed by atoms with Crippen molar-refractivity contribution in [2.24, 2.45) is 0 Å². The van der Waals surface area contributed by atoms with Crippen molar-refractivity contribution in [2.75, 3.05) is 0 Å². The molecule has 0 spiro atoms. The fourth-order valence-corrected chi connectivity index (χ4v) is 3.21. The molecule has 2 aromatic carbocycles. The lowest BCUT2D eigenvalue weighted by Crippen LogP contribution is -2.22. The van der Waals surface area contributed by atoms with Crippen LogP contribution in [0.25, 0.3) is 28.2 Å². The van der Waals surface area contributed by atoms with E-state index in [0.717, 1.165) is 12.1 Å². The summed E-state index contributed by atoms with van der Waals surface area (Å²) >= 11 is 5.94. The molecule has 0 saturated heterocycles. The molecule has 148 valence electrons. The van der Waals surface area contributed by atoms with Crippen molar-refractivity contribution >= 4 is 22.8 Å². The standard InChI is InChI=1S/C20H14ClF3N4O/c1-2-27-11-25-16-18(27)26-17(12-4-3-5-13(10-12)20(22,23)24)28(19(16)29)15-8-6-14(21)7-9-15/h3-11H,2H2,1H3. The average molecular weight is 419 g/mol. The molecule has 0 bridgehead atoms. The van der Waals surface area contributed by atoms with E-state index in [0.29, 0.717) is 22.9 Å². The summed E-state index contributed by atoms with van der Waals surface area (Å²) in [5.41, 5.74) is -0.259. The van der Waals surface area contributed by atoms with Crippen LogP contribution >= 0.6 is 11.6 Å². The Balaban J connectivity index is 2.07. The van der Waals surface area contributed by atoms with Crippen molar-refractivity contribution in [1.82, 2.24) is 19.1 Å². The fraction of sp³-hybridized carbons (Fsp3) is 0.150. The van der Waals surface area contributed by atoms with Crippen LogP contribution in [-0.4, -0.2) is 19.1 Å². The summed E-state index contributed by atoms with van der Waals surface area (Å²) in [5.74, 6) is 0.0890. The zero-order valence-electron chi connectivity index (χ0n) is 15.1. The van der Waals surface area contributed by atoms with E-state index in [9.17, 15) is 18.0 Å². The molecule has 0 aliphatic rings. The van der Waals surface area contributed by atoms with Gasteiger partial charge in [0, 0.05) is 17.1 Å². The van der Waals surface area contributed by atoms with Gasteiger partial charge in [-0.2, -0.15) is 13.2 Å². The molecule has 0 atom stereocenters. The molecule has 2 aromatic heterocycles. The number of fused-ring (bicyclic) bond motifs is 1. The lowest BCUT2D eigenvalue weighted by Gasteiger charge is -2.14. The van der Waals surface area contributed by atoms with E-state index in [4.69, 9.17) is 11.6 Å². The highest BCUT2D eigenvalue weighted by Gasteiger charge is 2.31. The molecule has 0 radical (unpaired) electrons. The normalized spacial score (nSPS) is 11.9. The first-order valence-corrected chi connectivity index (χ1v) is 9.09. The Labute approximate surface area is 168 Å². The summed E-state index contributed by atoms with van der Waals surface area (Å²) in [6.45, 7) is 2.37. The number of aryl methyl sites for hydroxylation is 1. The highest BCUT2D eigenvalue weighted by molar-refractivity contribution is 6.30. The van der Waals surface area contributed by atoms with E-state index in [1.807, 2.05) is 6.92 Å². The third-order valence-electron chi connectivity index (χ3n) is 4.51. The van der Waals surface area contributed by atoms with E-state index < -0.39 is 17.3 Å². The summed E-state index contributed by atoms with van der Waals surface area (Å²) in [6, 6.07) is 11.1. The second-order valence-corrected chi connectivity index (χ2v) is 6.77. The van der Waals surface area contributed by atoms with E-state index >= 15 is 0 Å². The van der Waals surface area contributed by atoms with Crippen LogP contribution < -0.4 is 5.56 Å². The summed E-state index contributed by atoms with van der Waals surface area (Å²) < 4.78 is 42.6. The van der Waals surface area contributed by atoms with Gasteiger partial charge in [-0.25, -0.2) is 9.97 Å². The van der Waals surface area contributed by atoms with Crippen molar-refractivity contribution in [3.63, 3.8) is 0 Å². The first-order valence-electron chi connectivity index (χ1n) is 8.71. The zero-order valence-corrected chi connectivity index (χ0v) is 15.9. The Morgan fingerprint density at radius 1 is 1.10 bits per heavy atom. The molecule has 0 aliphatic heterocycles. The first kappa shape index (κ1) is 19.2. The third kappa shape index (κ3) is 3.40. The Morgan fingerprint density at radius 3 is 2.48 bits per heavy atom.